The number of carbonyl (C=O) groups is 1. The third kappa shape index (κ3) is 2.40. The van der Waals surface area contributed by atoms with Crippen LogP contribution in [0.4, 0.5) is 0 Å². The second kappa shape index (κ2) is 4.62. The van der Waals surface area contributed by atoms with Crippen LogP contribution in [0.1, 0.15) is 16.2 Å². The second-order valence-corrected chi connectivity index (χ2v) is 3.29. The number of nitrogens with two attached hydrogens (primary N) is 2. The normalized spacial score (nSPS) is 10.2. The fraction of sp³-hybridized carbons (Fsp3) is 0.100. The van der Waals surface area contributed by atoms with Gasteiger partial charge < -0.3 is 11.5 Å². The fourth-order valence-corrected chi connectivity index (χ4v) is 1.23. The van der Waals surface area contributed by atoms with Gasteiger partial charge in [0.05, 0.1) is 6.54 Å². The van der Waals surface area contributed by atoms with Crippen molar-refractivity contribution in [3.05, 3.63) is 35.7 Å². The molecule has 7 heteroatoms. The summed E-state index contributed by atoms with van der Waals surface area (Å²) >= 11 is 0. The third-order valence-electron chi connectivity index (χ3n) is 2.13. The van der Waals surface area contributed by atoms with Gasteiger partial charge in [0.15, 0.2) is 5.82 Å². The molecule has 1 aromatic heterocycles. The molecule has 0 spiro atoms. The highest BCUT2D eigenvalue weighted by molar-refractivity contribution is 5.93. The molecular weight excluding hydrogens is 220 g/mol. The molecule has 0 aliphatic carbocycles. The maximum Gasteiger partial charge on any atom is 0.248 e. The molecule has 0 aliphatic heterocycles. The van der Waals surface area contributed by atoms with E-state index >= 15 is 0 Å². The Morgan fingerprint density at radius 3 is 2.12 bits per heavy atom. The van der Waals surface area contributed by atoms with Crippen molar-refractivity contribution in [3.63, 3.8) is 0 Å². The van der Waals surface area contributed by atoms with E-state index in [0.29, 0.717) is 22.8 Å². The zero-order valence-electron chi connectivity index (χ0n) is 8.87. The van der Waals surface area contributed by atoms with Gasteiger partial charge in [-0.25, -0.2) is 0 Å². The number of hydrogen-bond donors (Lipinski definition) is 2. The van der Waals surface area contributed by atoms with Crippen molar-refractivity contribution in [2.45, 2.75) is 6.54 Å². The number of rotatable bonds is 3. The lowest BCUT2D eigenvalue weighted by Crippen LogP contribution is -2.10. The Kier molecular flexibility index (Phi) is 3.01. The van der Waals surface area contributed by atoms with Crippen molar-refractivity contribution in [2.24, 2.45) is 11.5 Å². The van der Waals surface area contributed by atoms with Crippen LogP contribution in [0.3, 0.4) is 0 Å². The molecule has 2 aromatic rings. The Labute approximate surface area is 96.9 Å². The summed E-state index contributed by atoms with van der Waals surface area (Å²) < 4.78 is 0. The monoisotopic (exact) mass is 230 g/mol. The largest absolute Gasteiger partial charge is 0.366 e. The molecule has 0 atom stereocenters. The van der Waals surface area contributed by atoms with Crippen LogP contribution in [0.15, 0.2) is 24.3 Å². The lowest BCUT2D eigenvalue weighted by molar-refractivity contribution is 0.100. The van der Waals surface area contributed by atoms with Crippen LogP contribution in [0.2, 0.25) is 0 Å². The molecule has 17 heavy (non-hydrogen) atoms. The van der Waals surface area contributed by atoms with Crippen LogP contribution in [-0.4, -0.2) is 26.3 Å². The van der Waals surface area contributed by atoms with E-state index in [0.717, 1.165) is 0 Å². The molecule has 0 aliphatic rings. The van der Waals surface area contributed by atoms with Gasteiger partial charge in [-0.3, -0.25) is 4.79 Å². The highest BCUT2D eigenvalue weighted by Gasteiger charge is 2.05. The van der Waals surface area contributed by atoms with Gasteiger partial charge in [-0.15, -0.1) is 20.4 Å². The predicted molar refractivity (Wildman–Crippen MR) is 59.5 cm³/mol. The van der Waals surface area contributed by atoms with Gasteiger partial charge in [0.25, 0.3) is 0 Å². The molecule has 1 aromatic carbocycles. The van der Waals surface area contributed by atoms with Crippen LogP contribution >= 0.6 is 0 Å². The van der Waals surface area contributed by atoms with E-state index in [4.69, 9.17) is 11.5 Å². The standard InChI is InChI=1S/C10H10N6O/c11-5-8-13-15-10(16-14-8)7-3-1-6(2-4-7)9(12)17/h1-4H,5,11H2,(H2,12,17). The van der Waals surface area contributed by atoms with Gasteiger partial charge in [0, 0.05) is 11.1 Å². The third-order valence-corrected chi connectivity index (χ3v) is 2.13. The highest BCUT2D eigenvalue weighted by atomic mass is 16.1. The van der Waals surface area contributed by atoms with Gasteiger partial charge in [-0.2, -0.15) is 0 Å². The van der Waals surface area contributed by atoms with E-state index in [1.54, 1.807) is 24.3 Å². The quantitative estimate of drug-likeness (QED) is 0.732. The van der Waals surface area contributed by atoms with Crippen molar-refractivity contribution in [1.82, 2.24) is 20.4 Å². The Hall–Kier alpha value is -2.41. The average Bonchev–Trinajstić information content (AvgIpc) is 2.39. The lowest BCUT2D eigenvalue weighted by atomic mass is 10.1. The van der Waals surface area contributed by atoms with Crippen LogP contribution in [0.5, 0.6) is 0 Å². The van der Waals surface area contributed by atoms with Crippen LogP contribution < -0.4 is 11.5 Å². The number of benzene rings is 1. The minimum atomic E-state index is -0.479. The second-order valence-electron chi connectivity index (χ2n) is 3.29. The van der Waals surface area contributed by atoms with Crippen molar-refractivity contribution < 1.29 is 4.79 Å². The zero-order chi connectivity index (χ0) is 12.3. The summed E-state index contributed by atoms with van der Waals surface area (Å²) in [5.74, 6) is 0.271. The molecule has 0 radical (unpaired) electrons. The first kappa shape index (κ1) is 11.1. The SMILES string of the molecule is NCc1nnc(-c2ccc(C(N)=O)cc2)nn1. The molecule has 0 fully saturated rings. The molecular formula is C10H10N6O. The van der Waals surface area contributed by atoms with Crippen molar-refractivity contribution in [2.75, 3.05) is 0 Å². The van der Waals surface area contributed by atoms with Gasteiger partial charge in [-0.05, 0) is 12.1 Å². The lowest BCUT2D eigenvalue weighted by Gasteiger charge is -2.00. The fourth-order valence-electron chi connectivity index (χ4n) is 1.23. The van der Waals surface area contributed by atoms with Crippen molar-refractivity contribution in [3.8, 4) is 11.4 Å². The Morgan fingerprint density at radius 2 is 1.65 bits per heavy atom. The molecule has 4 N–H and O–H groups in total. The van der Waals surface area contributed by atoms with Gasteiger partial charge >= 0.3 is 0 Å². The van der Waals surface area contributed by atoms with Crippen LogP contribution in [0, 0.1) is 0 Å². The molecule has 0 unspecified atom stereocenters. The first-order valence-electron chi connectivity index (χ1n) is 4.87. The molecule has 86 valence electrons. The minimum absolute atomic E-state index is 0.195. The molecule has 1 heterocycles. The summed E-state index contributed by atoms with van der Waals surface area (Å²) in [7, 11) is 0. The summed E-state index contributed by atoms with van der Waals surface area (Å²) in [6.45, 7) is 0.195. The molecule has 1 amide bonds. The summed E-state index contributed by atoms with van der Waals surface area (Å²) in [6.07, 6.45) is 0. The van der Waals surface area contributed by atoms with E-state index < -0.39 is 5.91 Å². The number of carbonyl (C=O) groups excluding carboxylic acids is 1. The van der Waals surface area contributed by atoms with Crippen molar-refractivity contribution in [1.29, 1.82) is 0 Å². The average molecular weight is 230 g/mol. The van der Waals surface area contributed by atoms with Gasteiger partial charge in [0.2, 0.25) is 11.7 Å². The first-order chi connectivity index (χ1) is 8.20. The maximum atomic E-state index is 10.9. The zero-order valence-corrected chi connectivity index (χ0v) is 8.87. The van der Waals surface area contributed by atoms with E-state index in [9.17, 15) is 4.79 Å². The molecule has 7 nitrogen and oxygen atoms in total. The Bertz CT molecular complexity index is 521. The smallest absolute Gasteiger partial charge is 0.248 e. The van der Waals surface area contributed by atoms with E-state index in [1.807, 2.05) is 0 Å². The summed E-state index contributed by atoms with van der Waals surface area (Å²) in [5.41, 5.74) is 11.6. The summed E-state index contributed by atoms with van der Waals surface area (Å²) in [5, 5.41) is 15.3. The number of aromatic nitrogens is 4. The van der Waals surface area contributed by atoms with Crippen molar-refractivity contribution >= 4 is 5.91 Å². The van der Waals surface area contributed by atoms with Crippen LogP contribution in [0.25, 0.3) is 11.4 Å². The first-order valence-corrected chi connectivity index (χ1v) is 4.87. The van der Waals surface area contributed by atoms with Crippen LogP contribution in [-0.2, 0) is 6.54 Å². The predicted octanol–water partition coefficient (Wildman–Crippen LogP) is -0.509. The Balaban J connectivity index is 2.29. The maximum absolute atomic E-state index is 10.9. The number of amides is 1. The number of primary amides is 1. The molecule has 2 rings (SSSR count). The topological polar surface area (TPSA) is 121 Å². The van der Waals surface area contributed by atoms with E-state index in [2.05, 4.69) is 20.4 Å². The number of hydrogen-bond acceptors (Lipinski definition) is 6. The summed E-state index contributed by atoms with van der Waals surface area (Å²) in [4.78, 5) is 10.9. The van der Waals surface area contributed by atoms with E-state index in [1.165, 1.54) is 0 Å². The molecule has 0 saturated carbocycles. The Morgan fingerprint density at radius 1 is 1.06 bits per heavy atom. The minimum Gasteiger partial charge on any atom is -0.366 e. The summed E-state index contributed by atoms with van der Waals surface area (Å²) in [6, 6.07) is 6.55. The van der Waals surface area contributed by atoms with Gasteiger partial charge in [-0.1, -0.05) is 12.1 Å². The van der Waals surface area contributed by atoms with Gasteiger partial charge in [0.1, 0.15) is 0 Å². The number of nitrogens with zero attached hydrogens (tertiary/aromatic N) is 4. The molecule has 0 bridgehead atoms. The molecule has 0 saturated heterocycles. The highest BCUT2D eigenvalue weighted by Crippen LogP contribution is 2.13. The van der Waals surface area contributed by atoms with E-state index in [-0.39, 0.29) is 6.54 Å².